The summed E-state index contributed by atoms with van der Waals surface area (Å²) in [4.78, 5) is 33.1. The standard InChI is InChI=1S/C26H27N5O3/c1-18-4-6-21(7-5-18)29-11-12-30-24-9-8-22(31(33)34)13-20(24)14-23(25(30)17-29)26(32)28-16-19-3-2-10-27-15-19/h2-10,13,15,23,25H,11-12,14,16-17H2,1H3,(H,28,32)/t23-,25-/m1/s1. The van der Waals surface area contributed by atoms with E-state index in [9.17, 15) is 14.9 Å². The maximum atomic E-state index is 13.4. The first-order chi connectivity index (χ1) is 16.5. The number of benzene rings is 2. The summed E-state index contributed by atoms with van der Waals surface area (Å²) in [6.45, 7) is 4.75. The van der Waals surface area contributed by atoms with Crippen molar-refractivity contribution in [3.05, 3.63) is 93.8 Å². The molecule has 2 aliphatic heterocycles. The molecule has 2 atom stereocenters. The number of carbonyl (C=O) groups excluding carboxylic acids is 1. The van der Waals surface area contributed by atoms with Crippen molar-refractivity contribution >= 4 is 23.0 Å². The van der Waals surface area contributed by atoms with Crippen molar-refractivity contribution in [3.63, 3.8) is 0 Å². The van der Waals surface area contributed by atoms with Crippen LogP contribution in [-0.4, -0.2) is 41.5 Å². The summed E-state index contributed by atoms with van der Waals surface area (Å²) >= 11 is 0. The lowest BCUT2D eigenvalue weighted by molar-refractivity contribution is -0.384. The van der Waals surface area contributed by atoms with Crippen LogP contribution in [0.4, 0.5) is 17.1 Å². The van der Waals surface area contributed by atoms with Gasteiger partial charge in [0.2, 0.25) is 5.91 Å². The van der Waals surface area contributed by atoms with Crippen molar-refractivity contribution in [1.29, 1.82) is 0 Å². The molecule has 0 unspecified atom stereocenters. The van der Waals surface area contributed by atoms with E-state index in [4.69, 9.17) is 0 Å². The van der Waals surface area contributed by atoms with E-state index in [0.717, 1.165) is 35.6 Å². The quantitative estimate of drug-likeness (QED) is 0.466. The monoisotopic (exact) mass is 457 g/mol. The minimum absolute atomic E-state index is 0.0297. The minimum Gasteiger partial charge on any atom is -0.368 e. The Labute approximate surface area is 198 Å². The summed E-state index contributed by atoms with van der Waals surface area (Å²) in [5.41, 5.74) is 5.21. The van der Waals surface area contributed by atoms with Gasteiger partial charge in [-0.1, -0.05) is 23.8 Å². The van der Waals surface area contributed by atoms with Crippen LogP contribution >= 0.6 is 0 Å². The van der Waals surface area contributed by atoms with E-state index in [2.05, 4.69) is 51.3 Å². The fraction of sp³-hybridized carbons (Fsp3) is 0.308. The predicted molar refractivity (Wildman–Crippen MR) is 131 cm³/mol. The van der Waals surface area contributed by atoms with Gasteiger partial charge in [-0.25, -0.2) is 0 Å². The molecule has 174 valence electrons. The molecule has 34 heavy (non-hydrogen) atoms. The normalized spacial score (nSPS) is 19.2. The van der Waals surface area contributed by atoms with Crippen LogP contribution in [0.25, 0.3) is 0 Å². The highest BCUT2D eigenvalue weighted by Gasteiger charge is 2.42. The van der Waals surface area contributed by atoms with Crippen LogP contribution in [0.1, 0.15) is 16.7 Å². The fourth-order valence-electron chi connectivity index (χ4n) is 5.04. The lowest BCUT2D eigenvalue weighted by Crippen LogP contribution is -2.61. The largest absolute Gasteiger partial charge is 0.368 e. The van der Waals surface area contributed by atoms with Gasteiger partial charge in [-0.2, -0.15) is 0 Å². The van der Waals surface area contributed by atoms with Gasteiger partial charge in [0, 0.05) is 62.1 Å². The van der Waals surface area contributed by atoms with Crippen molar-refractivity contribution in [2.24, 2.45) is 5.92 Å². The number of rotatable bonds is 5. The lowest BCUT2D eigenvalue weighted by Gasteiger charge is -2.49. The Balaban J connectivity index is 1.43. The number of hydrogen-bond acceptors (Lipinski definition) is 6. The predicted octanol–water partition coefficient (Wildman–Crippen LogP) is 3.48. The Morgan fingerprint density at radius 1 is 1.18 bits per heavy atom. The summed E-state index contributed by atoms with van der Waals surface area (Å²) < 4.78 is 0. The SMILES string of the molecule is Cc1ccc(N2CCN3c4ccc([N+](=O)[O-])cc4C[C@@H](C(=O)NCc4cccnc4)[C@H]3C2)cc1. The van der Waals surface area contributed by atoms with E-state index < -0.39 is 0 Å². The summed E-state index contributed by atoms with van der Waals surface area (Å²) in [7, 11) is 0. The van der Waals surface area contributed by atoms with Gasteiger partial charge < -0.3 is 15.1 Å². The first kappa shape index (κ1) is 21.9. The number of non-ortho nitro benzene ring substituents is 1. The first-order valence-electron chi connectivity index (χ1n) is 11.5. The van der Waals surface area contributed by atoms with Gasteiger partial charge >= 0.3 is 0 Å². The zero-order valence-electron chi connectivity index (χ0n) is 19.1. The number of hydrogen-bond donors (Lipinski definition) is 1. The van der Waals surface area contributed by atoms with Crippen LogP contribution in [0, 0.1) is 23.0 Å². The van der Waals surface area contributed by atoms with E-state index >= 15 is 0 Å². The van der Waals surface area contributed by atoms with Crippen LogP contribution in [0.5, 0.6) is 0 Å². The van der Waals surface area contributed by atoms with Crippen LogP contribution in [-0.2, 0) is 17.8 Å². The second-order valence-corrected chi connectivity index (χ2v) is 9.00. The molecule has 1 N–H and O–H groups in total. The highest BCUT2D eigenvalue weighted by Crippen LogP contribution is 2.38. The number of carbonyl (C=O) groups is 1. The molecule has 1 saturated heterocycles. The first-order valence-corrected chi connectivity index (χ1v) is 11.5. The lowest BCUT2D eigenvalue weighted by atomic mass is 9.83. The third-order valence-corrected chi connectivity index (χ3v) is 6.83. The molecule has 2 aromatic carbocycles. The third-order valence-electron chi connectivity index (χ3n) is 6.83. The van der Waals surface area contributed by atoms with Gasteiger partial charge in [-0.3, -0.25) is 19.9 Å². The molecule has 0 spiro atoms. The summed E-state index contributed by atoms with van der Waals surface area (Å²) in [6, 6.07) is 17.2. The Morgan fingerprint density at radius 3 is 2.74 bits per heavy atom. The molecule has 3 heterocycles. The summed E-state index contributed by atoms with van der Waals surface area (Å²) in [5.74, 6) is -0.360. The van der Waals surface area contributed by atoms with Gasteiger partial charge in [-0.15, -0.1) is 0 Å². The molecule has 2 aliphatic rings. The van der Waals surface area contributed by atoms with Crippen molar-refractivity contribution in [2.75, 3.05) is 29.4 Å². The maximum absolute atomic E-state index is 13.4. The van der Waals surface area contributed by atoms with E-state index in [0.29, 0.717) is 19.5 Å². The van der Waals surface area contributed by atoms with E-state index in [-0.39, 0.29) is 28.5 Å². The molecule has 8 nitrogen and oxygen atoms in total. The molecule has 0 bridgehead atoms. The van der Waals surface area contributed by atoms with Crippen molar-refractivity contribution in [2.45, 2.75) is 25.9 Å². The van der Waals surface area contributed by atoms with Gasteiger partial charge in [0.05, 0.1) is 16.9 Å². The van der Waals surface area contributed by atoms with Crippen LogP contribution in [0.3, 0.4) is 0 Å². The van der Waals surface area contributed by atoms with Crippen LogP contribution in [0.2, 0.25) is 0 Å². The van der Waals surface area contributed by atoms with Crippen LogP contribution in [0.15, 0.2) is 67.0 Å². The number of nitro groups is 1. The second-order valence-electron chi connectivity index (χ2n) is 9.00. The number of nitrogens with zero attached hydrogens (tertiary/aromatic N) is 4. The Morgan fingerprint density at radius 2 is 2.00 bits per heavy atom. The number of aromatic nitrogens is 1. The maximum Gasteiger partial charge on any atom is 0.269 e. The summed E-state index contributed by atoms with van der Waals surface area (Å²) in [6.07, 6.45) is 3.92. The molecule has 0 radical (unpaired) electrons. The number of amides is 1. The molecular formula is C26H27N5O3. The molecule has 1 aromatic heterocycles. The van der Waals surface area contributed by atoms with Crippen molar-refractivity contribution < 1.29 is 9.72 Å². The molecular weight excluding hydrogens is 430 g/mol. The average molecular weight is 458 g/mol. The van der Waals surface area contributed by atoms with Gasteiger partial charge in [0.1, 0.15) is 0 Å². The van der Waals surface area contributed by atoms with E-state index in [1.807, 2.05) is 18.2 Å². The molecule has 0 saturated carbocycles. The molecule has 8 heteroatoms. The smallest absolute Gasteiger partial charge is 0.269 e. The topological polar surface area (TPSA) is 91.6 Å². The van der Waals surface area contributed by atoms with Crippen LogP contribution < -0.4 is 15.1 Å². The number of nitrogens with one attached hydrogen (secondary N) is 1. The number of anilines is 2. The van der Waals surface area contributed by atoms with Crippen molar-refractivity contribution in [1.82, 2.24) is 10.3 Å². The molecule has 5 rings (SSSR count). The van der Waals surface area contributed by atoms with Crippen molar-refractivity contribution in [3.8, 4) is 0 Å². The Bertz CT molecular complexity index is 1200. The number of fused-ring (bicyclic) bond motifs is 3. The zero-order chi connectivity index (χ0) is 23.7. The number of pyridine rings is 1. The zero-order valence-corrected chi connectivity index (χ0v) is 19.1. The number of aryl methyl sites for hydroxylation is 1. The fourth-order valence-corrected chi connectivity index (χ4v) is 5.04. The molecule has 1 amide bonds. The Hall–Kier alpha value is -3.94. The van der Waals surface area contributed by atoms with E-state index in [1.165, 1.54) is 5.56 Å². The number of piperazine rings is 1. The van der Waals surface area contributed by atoms with Gasteiger partial charge in [-0.05, 0) is 48.7 Å². The highest BCUT2D eigenvalue weighted by atomic mass is 16.6. The molecule has 3 aromatic rings. The number of nitro benzene ring substituents is 1. The van der Waals surface area contributed by atoms with E-state index in [1.54, 1.807) is 24.5 Å². The second kappa shape index (κ2) is 9.13. The molecule has 1 fully saturated rings. The third kappa shape index (κ3) is 4.31. The summed E-state index contributed by atoms with van der Waals surface area (Å²) in [5, 5.41) is 14.4. The average Bonchev–Trinajstić information content (AvgIpc) is 2.87. The van der Waals surface area contributed by atoms with Gasteiger partial charge in [0.25, 0.3) is 5.69 Å². The Kier molecular flexibility index (Phi) is 5.88. The minimum atomic E-state index is -0.376. The molecule has 0 aliphatic carbocycles. The highest BCUT2D eigenvalue weighted by molar-refractivity contribution is 5.82. The van der Waals surface area contributed by atoms with Gasteiger partial charge in [0.15, 0.2) is 0 Å².